The van der Waals surface area contributed by atoms with Crippen LogP contribution in [0.2, 0.25) is 0 Å². The van der Waals surface area contributed by atoms with E-state index in [0.717, 1.165) is 38.5 Å². The van der Waals surface area contributed by atoms with Crippen LogP contribution in [0.1, 0.15) is 50.9 Å². The highest BCUT2D eigenvalue weighted by Gasteiger charge is 2.26. The second-order valence-corrected chi connectivity index (χ2v) is 8.15. The first-order chi connectivity index (χ1) is 10.8. The Morgan fingerprint density at radius 1 is 1.22 bits per heavy atom. The van der Waals surface area contributed by atoms with E-state index in [1.165, 1.54) is 0 Å². The molecule has 0 bridgehead atoms. The Bertz CT molecular complexity index is 593. The quantitative estimate of drug-likeness (QED) is 0.769. The number of primary sulfonamides is 1. The zero-order valence-electron chi connectivity index (χ0n) is 14.1. The van der Waals surface area contributed by atoms with Gasteiger partial charge in [0.2, 0.25) is 15.9 Å². The lowest BCUT2D eigenvalue weighted by atomic mass is 10.2. The lowest BCUT2D eigenvalue weighted by Crippen LogP contribution is -2.47. The van der Waals surface area contributed by atoms with Crippen LogP contribution in [0.5, 0.6) is 0 Å². The summed E-state index contributed by atoms with van der Waals surface area (Å²) in [5.74, 6) is 1.71. The molecule has 1 aliphatic heterocycles. The highest BCUT2D eigenvalue weighted by Crippen LogP contribution is 2.21. The Morgan fingerprint density at radius 3 is 2.39 bits per heavy atom. The average Bonchev–Trinajstić information content (AvgIpc) is 2.96. The molecule has 1 saturated heterocycles. The van der Waals surface area contributed by atoms with Crippen LogP contribution in [0.4, 0.5) is 0 Å². The molecule has 9 heteroatoms. The average molecular weight is 345 g/mol. The van der Waals surface area contributed by atoms with Gasteiger partial charge in [0.05, 0.1) is 11.8 Å². The van der Waals surface area contributed by atoms with Gasteiger partial charge in [0.15, 0.2) is 5.82 Å². The second-order valence-electron chi connectivity index (χ2n) is 6.42. The fraction of sp³-hybridized carbons (Fsp3) is 0.857. The molecule has 0 amide bonds. The zero-order chi connectivity index (χ0) is 17.0. The molecule has 2 rings (SSSR count). The maximum Gasteiger partial charge on any atom is 0.243 e. The van der Waals surface area contributed by atoms with E-state index in [1.807, 2.05) is 13.8 Å². The smallest absolute Gasteiger partial charge is 0.243 e. The first kappa shape index (κ1) is 18.3. The largest absolute Gasteiger partial charge is 0.338 e. The molecule has 1 fully saturated rings. The molecule has 0 radical (unpaired) electrons. The Hall–Kier alpha value is -1.03. The van der Waals surface area contributed by atoms with Crippen molar-refractivity contribution >= 4 is 10.0 Å². The lowest BCUT2D eigenvalue weighted by Gasteiger charge is -2.36. The highest BCUT2D eigenvalue weighted by atomic mass is 32.2. The van der Waals surface area contributed by atoms with E-state index in [2.05, 4.69) is 26.9 Å². The topological polar surface area (TPSA) is 106 Å². The Balaban J connectivity index is 1.79. The number of hydrogen-bond acceptors (Lipinski definition) is 7. The minimum absolute atomic E-state index is 0.0452. The summed E-state index contributed by atoms with van der Waals surface area (Å²) in [5, 5.41) is 9.04. The van der Waals surface area contributed by atoms with Crippen LogP contribution < -0.4 is 5.14 Å². The summed E-state index contributed by atoms with van der Waals surface area (Å²) in [6, 6.07) is 0.0987. The third-order valence-corrected chi connectivity index (χ3v) is 5.05. The van der Waals surface area contributed by atoms with Gasteiger partial charge in [-0.15, -0.1) is 0 Å². The first-order valence-electron chi connectivity index (χ1n) is 8.06. The molecular weight excluding hydrogens is 318 g/mol. The van der Waals surface area contributed by atoms with Crippen molar-refractivity contribution in [2.75, 3.05) is 38.5 Å². The summed E-state index contributed by atoms with van der Waals surface area (Å²) in [6.45, 7) is 10.5. The fourth-order valence-corrected chi connectivity index (χ4v) is 3.20. The minimum Gasteiger partial charge on any atom is -0.338 e. The van der Waals surface area contributed by atoms with Crippen molar-refractivity contribution in [1.29, 1.82) is 0 Å². The normalized spacial score (nSPS) is 19.3. The molecule has 0 aromatic carbocycles. The van der Waals surface area contributed by atoms with Gasteiger partial charge in [0.1, 0.15) is 0 Å². The number of aromatic nitrogens is 2. The third-order valence-electron chi connectivity index (χ3n) is 4.19. The number of piperazine rings is 1. The standard InChI is InChI=1S/C14H27N5O3S/c1-11(2)13-16-14(22-17-13)12(3)19-8-6-18(7-9-19)5-4-10-23(15,20)21/h11-12H,4-10H2,1-3H3,(H2,15,20,21). The van der Waals surface area contributed by atoms with E-state index in [1.54, 1.807) is 0 Å². The number of nitrogens with zero attached hydrogens (tertiary/aromatic N) is 4. The minimum atomic E-state index is -3.35. The van der Waals surface area contributed by atoms with E-state index in [9.17, 15) is 8.42 Å². The number of rotatable bonds is 7. The molecule has 23 heavy (non-hydrogen) atoms. The van der Waals surface area contributed by atoms with Gasteiger partial charge in [-0.25, -0.2) is 13.6 Å². The van der Waals surface area contributed by atoms with Crippen LogP contribution in [0.15, 0.2) is 4.52 Å². The summed E-state index contributed by atoms with van der Waals surface area (Å²) in [4.78, 5) is 9.05. The molecule has 8 nitrogen and oxygen atoms in total. The van der Waals surface area contributed by atoms with E-state index >= 15 is 0 Å². The van der Waals surface area contributed by atoms with Gasteiger partial charge in [-0.1, -0.05) is 19.0 Å². The van der Waals surface area contributed by atoms with Gasteiger partial charge < -0.3 is 9.42 Å². The molecule has 0 aliphatic carbocycles. The van der Waals surface area contributed by atoms with E-state index in [-0.39, 0.29) is 17.7 Å². The Labute approximate surface area is 138 Å². The molecule has 1 aliphatic rings. The molecule has 0 spiro atoms. The van der Waals surface area contributed by atoms with Crippen molar-refractivity contribution in [3.05, 3.63) is 11.7 Å². The molecule has 2 N–H and O–H groups in total. The van der Waals surface area contributed by atoms with Gasteiger partial charge in [0.25, 0.3) is 0 Å². The number of nitrogens with two attached hydrogens (primary N) is 1. The first-order valence-corrected chi connectivity index (χ1v) is 9.78. The second kappa shape index (κ2) is 7.69. The number of sulfonamides is 1. The van der Waals surface area contributed by atoms with E-state index in [0.29, 0.717) is 12.3 Å². The summed E-state index contributed by atoms with van der Waals surface area (Å²) in [6.07, 6.45) is 0.579. The zero-order valence-corrected chi connectivity index (χ0v) is 14.9. The van der Waals surface area contributed by atoms with Crippen LogP contribution in [-0.2, 0) is 10.0 Å². The van der Waals surface area contributed by atoms with Crippen molar-refractivity contribution in [3.8, 4) is 0 Å². The van der Waals surface area contributed by atoms with Crippen LogP contribution in [0, 0.1) is 0 Å². The maximum atomic E-state index is 10.9. The number of hydrogen-bond donors (Lipinski definition) is 1. The van der Waals surface area contributed by atoms with Crippen molar-refractivity contribution in [2.45, 2.75) is 39.2 Å². The van der Waals surface area contributed by atoms with Crippen molar-refractivity contribution < 1.29 is 12.9 Å². The summed E-state index contributed by atoms with van der Waals surface area (Å²) in [5.41, 5.74) is 0. The lowest BCUT2D eigenvalue weighted by molar-refractivity contribution is 0.0885. The van der Waals surface area contributed by atoms with E-state index in [4.69, 9.17) is 9.66 Å². The molecule has 0 saturated carbocycles. The highest BCUT2D eigenvalue weighted by molar-refractivity contribution is 7.89. The van der Waals surface area contributed by atoms with Crippen LogP contribution in [-0.4, -0.2) is 66.8 Å². The maximum absolute atomic E-state index is 10.9. The molecule has 1 unspecified atom stereocenters. The predicted molar refractivity (Wildman–Crippen MR) is 87.4 cm³/mol. The molecule has 1 aromatic rings. The van der Waals surface area contributed by atoms with Gasteiger partial charge in [-0.05, 0) is 19.9 Å². The van der Waals surface area contributed by atoms with Crippen LogP contribution in [0.3, 0.4) is 0 Å². The van der Waals surface area contributed by atoms with Gasteiger partial charge in [-0.3, -0.25) is 4.90 Å². The molecular formula is C14H27N5O3S. The summed E-state index contributed by atoms with van der Waals surface area (Å²) >= 11 is 0. The fourth-order valence-electron chi connectivity index (χ4n) is 2.67. The molecule has 2 heterocycles. The van der Waals surface area contributed by atoms with Crippen LogP contribution >= 0.6 is 0 Å². The Kier molecular flexibility index (Phi) is 6.12. The molecule has 1 atom stereocenters. The van der Waals surface area contributed by atoms with Crippen molar-refractivity contribution in [3.63, 3.8) is 0 Å². The Morgan fingerprint density at radius 2 is 1.87 bits per heavy atom. The third kappa shape index (κ3) is 5.52. The van der Waals surface area contributed by atoms with Crippen LogP contribution in [0.25, 0.3) is 0 Å². The molecule has 1 aromatic heterocycles. The summed E-state index contributed by atoms with van der Waals surface area (Å²) in [7, 11) is -3.35. The van der Waals surface area contributed by atoms with E-state index < -0.39 is 10.0 Å². The monoisotopic (exact) mass is 345 g/mol. The predicted octanol–water partition coefficient (Wildman–Crippen LogP) is 0.550. The molecule has 132 valence electrons. The van der Waals surface area contributed by atoms with Crippen molar-refractivity contribution in [1.82, 2.24) is 19.9 Å². The summed E-state index contributed by atoms with van der Waals surface area (Å²) < 4.78 is 27.3. The van der Waals surface area contributed by atoms with Crippen molar-refractivity contribution in [2.24, 2.45) is 5.14 Å². The SMILES string of the molecule is CC(C)c1noc(C(C)N2CCN(CCCS(N)(=O)=O)CC2)n1. The van der Waals surface area contributed by atoms with Gasteiger partial charge >= 0.3 is 0 Å². The van der Waals surface area contributed by atoms with Gasteiger partial charge in [-0.2, -0.15) is 4.98 Å². The van der Waals surface area contributed by atoms with Gasteiger partial charge in [0, 0.05) is 32.1 Å².